The van der Waals surface area contributed by atoms with E-state index in [0.717, 1.165) is 0 Å². The third kappa shape index (κ3) is 5.02. The van der Waals surface area contributed by atoms with Gasteiger partial charge in [-0.05, 0) is 27.7 Å². The zero-order valence-corrected chi connectivity index (χ0v) is 13.3. The molecule has 0 spiro atoms. The zero-order valence-electron chi connectivity index (χ0n) is 13.3. The first-order valence-corrected chi connectivity index (χ1v) is 7.07. The van der Waals surface area contributed by atoms with Crippen LogP contribution in [0.3, 0.4) is 0 Å². The lowest BCUT2D eigenvalue weighted by Gasteiger charge is -2.25. The van der Waals surface area contributed by atoms with E-state index in [1.807, 2.05) is 0 Å². The maximum Gasteiger partial charge on any atom is 0.407 e. The number of hydrogen-bond acceptors (Lipinski definition) is 4. The molecule has 1 N–H and O–H groups in total. The fourth-order valence-corrected chi connectivity index (χ4v) is 1.75. The largest absolute Gasteiger partial charge is 0.463 e. The highest BCUT2D eigenvalue weighted by molar-refractivity contribution is 5.82. The number of carbonyl (C=O) groups is 2. The number of carbonyl (C=O) groups excluding carboxylic acids is 2. The topological polar surface area (TPSA) is 64.6 Å². The molecule has 0 bridgehead atoms. The lowest BCUT2D eigenvalue weighted by atomic mass is 9.96. The molecule has 0 radical (unpaired) electrons. The van der Waals surface area contributed by atoms with Crippen LogP contribution in [0, 0.1) is 0 Å². The summed E-state index contributed by atoms with van der Waals surface area (Å²) in [5.74, 6) is -1.04. The van der Waals surface area contributed by atoms with Crippen LogP contribution in [-0.2, 0) is 19.9 Å². The Morgan fingerprint density at radius 1 is 1.18 bits per heavy atom. The summed E-state index contributed by atoms with van der Waals surface area (Å²) in [6, 6.07) is 7.85. The van der Waals surface area contributed by atoms with E-state index in [1.54, 1.807) is 45.9 Å². The van der Waals surface area contributed by atoms with Crippen LogP contribution in [0.4, 0.5) is 9.18 Å². The summed E-state index contributed by atoms with van der Waals surface area (Å²) in [5.41, 5.74) is -3.06. The van der Waals surface area contributed by atoms with Crippen molar-refractivity contribution in [2.45, 2.75) is 39.0 Å². The van der Waals surface area contributed by atoms with Crippen LogP contribution in [0.25, 0.3) is 0 Å². The highest BCUT2D eigenvalue weighted by Crippen LogP contribution is 2.27. The Balaban J connectivity index is 2.89. The van der Waals surface area contributed by atoms with Crippen LogP contribution in [0.5, 0.6) is 0 Å². The molecular weight excluding hydrogens is 289 g/mol. The van der Waals surface area contributed by atoms with Crippen molar-refractivity contribution in [3.05, 3.63) is 35.9 Å². The van der Waals surface area contributed by atoms with Gasteiger partial charge in [-0.3, -0.25) is 0 Å². The maximum absolute atomic E-state index is 15.2. The molecule has 22 heavy (non-hydrogen) atoms. The average molecular weight is 311 g/mol. The molecule has 1 rings (SSSR count). The molecular formula is C16H22FNO4. The van der Waals surface area contributed by atoms with Gasteiger partial charge < -0.3 is 14.8 Å². The Morgan fingerprint density at radius 3 is 2.27 bits per heavy atom. The molecule has 6 heteroatoms. The van der Waals surface area contributed by atoms with Crippen LogP contribution in [0.2, 0.25) is 0 Å². The van der Waals surface area contributed by atoms with Crippen molar-refractivity contribution < 1.29 is 23.5 Å². The van der Waals surface area contributed by atoms with E-state index in [-0.39, 0.29) is 12.2 Å². The molecule has 1 aromatic rings. The van der Waals surface area contributed by atoms with Gasteiger partial charge >= 0.3 is 12.1 Å². The third-order valence-electron chi connectivity index (χ3n) is 2.71. The SMILES string of the molecule is CCOC(=O)C(F)(CNC(=O)OC(C)(C)C)c1ccccc1. The van der Waals surface area contributed by atoms with Gasteiger partial charge in [0.05, 0.1) is 13.2 Å². The molecule has 0 fully saturated rings. The quantitative estimate of drug-likeness (QED) is 0.849. The zero-order chi connectivity index (χ0) is 16.8. The van der Waals surface area contributed by atoms with Crippen LogP contribution in [0.15, 0.2) is 30.3 Å². The van der Waals surface area contributed by atoms with Gasteiger partial charge in [-0.25, -0.2) is 14.0 Å². The molecule has 0 aliphatic heterocycles. The molecule has 1 amide bonds. The molecule has 0 aliphatic carbocycles. The van der Waals surface area contributed by atoms with Gasteiger partial charge in [0.25, 0.3) is 0 Å². The average Bonchev–Trinajstić information content (AvgIpc) is 2.44. The number of rotatable bonds is 5. The summed E-state index contributed by atoms with van der Waals surface area (Å²) in [7, 11) is 0. The molecule has 5 nitrogen and oxygen atoms in total. The summed E-state index contributed by atoms with van der Waals surface area (Å²) < 4.78 is 25.0. The van der Waals surface area contributed by atoms with Crippen molar-refractivity contribution in [2.24, 2.45) is 0 Å². The normalized spacial score (nSPS) is 13.9. The van der Waals surface area contributed by atoms with E-state index in [1.165, 1.54) is 12.1 Å². The number of halogens is 1. The fourth-order valence-electron chi connectivity index (χ4n) is 1.75. The molecule has 0 saturated heterocycles. The first-order valence-electron chi connectivity index (χ1n) is 7.07. The van der Waals surface area contributed by atoms with E-state index in [2.05, 4.69) is 5.32 Å². The van der Waals surface area contributed by atoms with Gasteiger partial charge in [-0.2, -0.15) is 0 Å². The number of nitrogens with one attached hydrogen (secondary N) is 1. The molecule has 0 saturated carbocycles. The number of amides is 1. The van der Waals surface area contributed by atoms with Gasteiger partial charge in [0.2, 0.25) is 5.67 Å². The Kier molecular flexibility index (Phi) is 5.91. The van der Waals surface area contributed by atoms with Crippen LogP contribution < -0.4 is 5.32 Å². The second-order valence-corrected chi connectivity index (χ2v) is 5.74. The van der Waals surface area contributed by atoms with Crippen molar-refractivity contribution in [3.8, 4) is 0 Å². The standard InChI is InChI=1S/C16H22FNO4/c1-5-21-13(19)16(17,12-9-7-6-8-10-12)11-18-14(20)22-15(2,3)4/h6-10H,5,11H2,1-4H3,(H,18,20). The van der Waals surface area contributed by atoms with Crippen molar-refractivity contribution >= 4 is 12.1 Å². The van der Waals surface area contributed by atoms with Gasteiger partial charge in [0.1, 0.15) is 5.60 Å². The predicted molar refractivity (Wildman–Crippen MR) is 80.1 cm³/mol. The fraction of sp³-hybridized carbons (Fsp3) is 0.500. The third-order valence-corrected chi connectivity index (χ3v) is 2.71. The van der Waals surface area contributed by atoms with Crippen LogP contribution >= 0.6 is 0 Å². The predicted octanol–water partition coefficient (Wildman–Crippen LogP) is 2.94. The van der Waals surface area contributed by atoms with E-state index < -0.39 is 29.9 Å². The molecule has 1 atom stereocenters. The second-order valence-electron chi connectivity index (χ2n) is 5.74. The summed E-state index contributed by atoms with van der Waals surface area (Å²) in [4.78, 5) is 23.6. The van der Waals surface area contributed by atoms with Crippen LogP contribution in [0.1, 0.15) is 33.3 Å². The summed E-state index contributed by atoms with van der Waals surface area (Å²) in [6.45, 7) is 6.15. The molecule has 0 aromatic heterocycles. The summed E-state index contributed by atoms with van der Waals surface area (Å²) in [6.07, 6.45) is -0.797. The summed E-state index contributed by atoms with van der Waals surface area (Å²) >= 11 is 0. The maximum atomic E-state index is 15.2. The van der Waals surface area contributed by atoms with E-state index in [9.17, 15) is 9.59 Å². The van der Waals surface area contributed by atoms with E-state index >= 15 is 4.39 Å². The Hall–Kier alpha value is -2.11. The van der Waals surface area contributed by atoms with Gasteiger partial charge in [-0.1, -0.05) is 30.3 Å². The smallest absolute Gasteiger partial charge is 0.407 e. The molecule has 0 heterocycles. The van der Waals surface area contributed by atoms with E-state index in [4.69, 9.17) is 9.47 Å². The number of alkyl halides is 1. The number of alkyl carbamates (subject to hydrolysis) is 1. The number of hydrogen-bond donors (Lipinski definition) is 1. The number of ether oxygens (including phenoxy) is 2. The first-order chi connectivity index (χ1) is 10.2. The second kappa shape index (κ2) is 7.24. The highest BCUT2D eigenvalue weighted by Gasteiger charge is 2.43. The minimum atomic E-state index is -2.46. The van der Waals surface area contributed by atoms with Crippen molar-refractivity contribution in [1.82, 2.24) is 5.32 Å². The lowest BCUT2D eigenvalue weighted by molar-refractivity contribution is -0.157. The monoisotopic (exact) mass is 311 g/mol. The Morgan fingerprint density at radius 2 is 1.77 bits per heavy atom. The molecule has 1 aromatic carbocycles. The summed E-state index contributed by atoms with van der Waals surface area (Å²) in [5, 5.41) is 2.28. The van der Waals surface area contributed by atoms with Gasteiger partial charge in [0.15, 0.2) is 0 Å². The Labute approximate surface area is 129 Å². The molecule has 122 valence electrons. The number of esters is 1. The molecule has 1 unspecified atom stereocenters. The minimum Gasteiger partial charge on any atom is -0.463 e. The first kappa shape index (κ1) is 17.9. The Bertz CT molecular complexity index is 513. The van der Waals surface area contributed by atoms with Crippen molar-refractivity contribution in [2.75, 3.05) is 13.2 Å². The van der Waals surface area contributed by atoms with Gasteiger partial charge in [0, 0.05) is 5.56 Å². The highest BCUT2D eigenvalue weighted by atomic mass is 19.1. The minimum absolute atomic E-state index is 0.0454. The van der Waals surface area contributed by atoms with Crippen LogP contribution in [-0.4, -0.2) is 30.8 Å². The van der Waals surface area contributed by atoms with Crippen molar-refractivity contribution in [1.29, 1.82) is 0 Å². The van der Waals surface area contributed by atoms with Gasteiger partial charge in [-0.15, -0.1) is 0 Å². The van der Waals surface area contributed by atoms with Crippen molar-refractivity contribution in [3.63, 3.8) is 0 Å². The lowest BCUT2D eigenvalue weighted by Crippen LogP contribution is -2.45. The number of benzene rings is 1. The molecule has 0 aliphatic rings. The van der Waals surface area contributed by atoms with E-state index in [0.29, 0.717) is 0 Å².